The monoisotopic (exact) mass is 709 g/mol. The zero-order valence-electron chi connectivity index (χ0n) is 27.8. The first kappa shape index (κ1) is 34.9. The van der Waals surface area contributed by atoms with Crippen LogP contribution in [0.1, 0.15) is 48.1 Å². The van der Waals surface area contributed by atoms with E-state index in [1.54, 1.807) is 36.4 Å². The third kappa shape index (κ3) is 7.02. The van der Waals surface area contributed by atoms with Crippen molar-refractivity contribution in [3.63, 3.8) is 0 Å². The maximum absolute atomic E-state index is 14.0. The molecule has 0 spiro atoms. The number of aliphatic hydroxyl groups is 3. The van der Waals surface area contributed by atoms with Gasteiger partial charge < -0.3 is 25.2 Å². The Morgan fingerprint density at radius 1 is 0.784 bits per heavy atom. The molecule has 264 valence electrons. The highest BCUT2D eigenvalue weighted by atomic mass is 32.2. The van der Waals surface area contributed by atoms with Gasteiger partial charge in [0.15, 0.2) is 0 Å². The van der Waals surface area contributed by atoms with Gasteiger partial charge in [-0.1, -0.05) is 91.0 Å². The van der Waals surface area contributed by atoms with Crippen LogP contribution in [0.5, 0.6) is 5.75 Å². The first-order valence-corrected chi connectivity index (χ1v) is 18.6. The molecule has 7 rings (SSSR count). The van der Waals surface area contributed by atoms with Crippen LogP contribution in [-0.4, -0.2) is 59.0 Å². The van der Waals surface area contributed by atoms with E-state index in [1.807, 2.05) is 72.8 Å². The van der Waals surface area contributed by atoms with Gasteiger partial charge in [0, 0.05) is 12.0 Å². The summed E-state index contributed by atoms with van der Waals surface area (Å²) in [5, 5.41) is 40.6. The summed E-state index contributed by atoms with van der Waals surface area (Å²) < 4.78 is 48.6. The van der Waals surface area contributed by atoms with Gasteiger partial charge in [-0.25, -0.2) is 12.8 Å². The summed E-state index contributed by atoms with van der Waals surface area (Å²) in [6.07, 6.45) is -1.85. The average molecular weight is 710 g/mol. The molecule has 2 saturated heterocycles. The number of aryl methyl sites for hydroxylation is 1. The van der Waals surface area contributed by atoms with E-state index >= 15 is 0 Å². The first-order chi connectivity index (χ1) is 24.6. The second-order valence-corrected chi connectivity index (χ2v) is 15.3. The topological polar surface area (TPSA) is 128 Å². The van der Waals surface area contributed by atoms with Crippen LogP contribution in [0.2, 0.25) is 0 Å². The fourth-order valence-corrected chi connectivity index (χ4v) is 9.42. The fraction of sp³-hybridized carbons (Fsp3) is 0.268. The third-order valence-electron chi connectivity index (χ3n) is 10.1. The zero-order chi connectivity index (χ0) is 35.7. The number of aromatic hydroxyl groups is 1. The Kier molecular flexibility index (Phi) is 9.96. The Bertz CT molecular complexity index is 2060. The lowest BCUT2D eigenvalue weighted by Crippen LogP contribution is -2.58. The van der Waals surface area contributed by atoms with Gasteiger partial charge in [0.05, 0.1) is 30.5 Å². The van der Waals surface area contributed by atoms with Gasteiger partial charge in [0.1, 0.15) is 29.0 Å². The summed E-state index contributed by atoms with van der Waals surface area (Å²) in [4.78, 5) is 0. The van der Waals surface area contributed by atoms with E-state index in [2.05, 4.69) is 0 Å². The number of hydrogen-bond donors (Lipinski definition) is 4. The maximum atomic E-state index is 14.0. The highest BCUT2D eigenvalue weighted by Crippen LogP contribution is 2.50. The summed E-state index contributed by atoms with van der Waals surface area (Å²) in [5.41, 5.74) is 6.23. The van der Waals surface area contributed by atoms with Crippen molar-refractivity contribution in [2.24, 2.45) is 0 Å². The lowest BCUT2D eigenvalue weighted by Gasteiger charge is -2.48. The van der Waals surface area contributed by atoms with Crippen molar-refractivity contribution in [1.82, 2.24) is 0 Å². The van der Waals surface area contributed by atoms with Crippen LogP contribution in [0, 0.1) is 5.82 Å². The molecule has 5 aromatic carbocycles. The van der Waals surface area contributed by atoms with Crippen LogP contribution in [0.3, 0.4) is 0 Å². The predicted octanol–water partition coefficient (Wildman–Crippen LogP) is 6.69. The van der Waals surface area contributed by atoms with Crippen LogP contribution in [0.15, 0.2) is 121 Å². The number of rotatable bonds is 10. The van der Waals surface area contributed by atoms with Gasteiger partial charge in [-0.2, -0.15) is 0 Å². The number of anilines is 1. The Labute approximate surface area is 297 Å². The molecular weight excluding hydrogens is 670 g/mol. The summed E-state index contributed by atoms with van der Waals surface area (Å²) in [6, 6.07) is 35.5. The van der Waals surface area contributed by atoms with Crippen LogP contribution in [-0.2, 0) is 21.2 Å². The SMILES string of the molecule is O=S1(=O)[C@H](CCCc2ccc(F)cc2)C(c2ccc(-c3ccc(C4CC(O)C(O)C(CO)O4)cc3)cc2O)N1c1ccc(-c2ccccc2)cc1. The fourth-order valence-electron chi connectivity index (χ4n) is 7.27. The summed E-state index contributed by atoms with van der Waals surface area (Å²) >= 11 is 0. The van der Waals surface area contributed by atoms with Crippen molar-refractivity contribution >= 4 is 15.7 Å². The number of aliphatic hydroxyl groups excluding tert-OH is 3. The lowest BCUT2D eigenvalue weighted by molar-refractivity contribution is -0.181. The largest absolute Gasteiger partial charge is 0.508 e. The zero-order valence-corrected chi connectivity index (χ0v) is 28.6. The molecular formula is C41H40FNO7S. The number of benzene rings is 5. The van der Waals surface area contributed by atoms with E-state index in [9.17, 15) is 33.2 Å². The Balaban J connectivity index is 1.15. The van der Waals surface area contributed by atoms with E-state index < -0.39 is 52.3 Å². The summed E-state index contributed by atoms with van der Waals surface area (Å²) in [6.45, 7) is -0.410. The minimum atomic E-state index is -3.76. The second kappa shape index (κ2) is 14.6. The second-order valence-electron chi connectivity index (χ2n) is 13.3. The quantitative estimate of drug-likeness (QED) is 0.127. The van der Waals surface area contributed by atoms with E-state index in [4.69, 9.17) is 4.74 Å². The van der Waals surface area contributed by atoms with Gasteiger partial charge >= 0.3 is 0 Å². The lowest BCUT2D eigenvalue weighted by atomic mass is 9.92. The maximum Gasteiger partial charge on any atom is 0.241 e. The van der Waals surface area contributed by atoms with Crippen molar-refractivity contribution in [2.45, 2.75) is 61.4 Å². The Hall–Kier alpha value is -4.58. The number of sulfonamides is 1. The summed E-state index contributed by atoms with van der Waals surface area (Å²) in [5.74, 6) is -0.344. The molecule has 8 nitrogen and oxygen atoms in total. The van der Waals surface area contributed by atoms with Gasteiger partial charge in [-0.3, -0.25) is 4.31 Å². The molecule has 0 aliphatic carbocycles. The van der Waals surface area contributed by atoms with Crippen molar-refractivity contribution in [2.75, 3.05) is 10.9 Å². The molecule has 0 amide bonds. The average Bonchev–Trinajstić information content (AvgIpc) is 3.15. The number of phenolic OH excluding ortho intramolecular Hbond substituents is 1. The molecule has 51 heavy (non-hydrogen) atoms. The van der Waals surface area contributed by atoms with Gasteiger partial charge in [-0.05, 0) is 83.0 Å². The highest BCUT2D eigenvalue weighted by molar-refractivity contribution is 7.95. The molecule has 6 atom stereocenters. The van der Waals surface area contributed by atoms with Crippen molar-refractivity contribution in [1.29, 1.82) is 0 Å². The highest BCUT2D eigenvalue weighted by Gasteiger charge is 2.54. The smallest absolute Gasteiger partial charge is 0.241 e. The van der Waals surface area contributed by atoms with E-state index in [-0.39, 0.29) is 18.0 Å². The molecule has 2 fully saturated rings. The molecule has 0 radical (unpaired) electrons. The van der Waals surface area contributed by atoms with Crippen molar-refractivity contribution < 1.29 is 38.0 Å². The number of halogens is 1. The third-order valence-corrected chi connectivity index (χ3v) is 12.3. The van der Waals surface area contributed by atoms with Crippen LogP contribution in [0.4, 0.5) is 10.1 Å². The normalized spacial score (nSPS) is 24.2. The standard InChI is InChI=1S/C41H40FNO7S/c42-32-18-9-26(10-19-32)5-4-8-39-40(43(51(39,48)49)33-20-15-28(16-21-33)27-6-2-1-3-7-27)34-22-17-31(23-35(34)45)29-11-13-30(14-12-29)37-24-36(46)41(47)38(25-44)50-37/h1-3,6-7,9-23,36-41,44-47H,4-5,8,24-25H2/t36?,37?,38?,39-,40?,41?/m1/s1. The number of ether oxygens (including phenoxy) is 1. The molecule has 5 aromatic rings. The molecule has 2 aliphatic rings. The van der Waals surface area contributed by atoms with E-state index in [0.717, 1.165) is 33.4 Å². The number of hydrogen-bond acceptors (Lipinski definition) is 7. The number of phenols is 1. The van der Waals surface area contributed by atoms with Crippen molar-refractivity contribution in [3.8, 4) is 28.0 Å². The van der Waals surface area contributed by atoms with Gasteiger partial charge in [0.2, 0.25) is 10.0 Å². The Morgan fingerprint density at radius 2 is 1.41 bits per heavy atom. The minimum Gasteiger partial charge on any atom is -0.508 e. The van der Waals surface area contributed by atoms with Crippen LogP contribution < -0.4 is 4.31 Å². The first-order valence-electron chi connectivity index (χ1n) is 17.1. The van der Waals surface area contributed by atoms with Crippen LogP contribution in [0.25, 0.3) is 22.3 Å². The predicted molar refractivity (Wildman–Crippen MR) is 194 cm³/mol. The van der Waals surface area contributed by atoms with Crippen LogP contribution >= 0.6 is 0 Å². The molecule has 4 N–H and O–H groups in total. The molecule has 5 unspecified atom stereocenters. The molecule has 0 saturated carbocycles. The number of nitrogens with zero attached hydrogens (tertiary/aromatic N) is 1. The van der Waals surface area contributed by atoms with E-state index in [0.29, 0.717) is 30.5 Å². The molecule has 10 heteroatoms. The van der Waals surface area contributed by atoms with Gasteiger partial charge in [0.25, 0.3) is 0 Å². The molecule has 2 heterocycles. The molecule has 2 aliphatic heterocycles. The minimum absolute atomic E-state index is 0.0237. The summed E-state index contributed by atoms with van der Waals surface area (Å²) in [7, 11) is -3.76. The van der Waals surface area contributed by atoms with Crippen molar-refractivity contribution in [3.05, 3.63) is 144 Å². The Morgan fingerprint density at radius 3 is 2.08 bits per heavy atom. The van der Waals surface area contributed by atoms with E-state index in [1.165, 1.54) is 16.4 Å². The van der Waals surface area contributed by atoms with Gasteiger partial charge in [-0.15, -0.1) is 0 Å². The molecule has 0 aromatic heterocycles. The molecule has 0 bridgehead atoms.